The first-order chi connectivity index (χ1) is 8.52. The molecule has 1 aromatic carbocycles. The Balaban J connectivity index is 2.24. The number of benzene rings is 1. The zero-order valence-corrected chi connectivity index (χ0v) is 10.7. The van der Waals surface area contributed by atoms with Crippen molar-refractivity contribution in [3.63, 3.8) is 0 Å². The Kier molecular flexibility index (Phi) is 3.61. The lowest BCUT2D eigenvalue weighted by atomic mass is 10.0. The maximum Gasteiger partial charge on any atom is 0.167 e. The van der Waals surface area contributed by atoms with Gasteiger partial charge in [-0.15, -0.1) is 0 Å². The van der Waals surface area contributed by atoms with Crippen LogP contribution in [0.25, 0.3) is 0 Å². The number of anilines is 2. The van der Waals surface area contributed by atoms with Gasteiger partial charge < -0.3 is 20.5 Å². The molecule has 2 rings (SSSR count). The van der Waals surface area contributed by atoms with E-state index in [1.54, 1.807) is 13.0 Å². The maximum absolute atomic E-state index is 13.5. The minimum absolute atomic E-state index is 0.194. The molecule has 0 amide bonds. The largest absolute Gasteiger partial charge is 0.494 e. The van der Waals surface area contributed by atoms with Gasteiger partial charge in [-0.2, -0.15) is 0 Å². The van der Waals surface area contributed by atoms with Crippen LogP contribution < -0.4 is 15.4 Å². The van der Waals surface area contributed by atoms with Crippen LogP contribution in [0, 0.1) is 11.7 Å². The van der Waals surface area contributed by atoms with Crippen molar-refractivity contribution < 1.29 is 14.2 Å². The Bertz CT molecular complexity index is 437. The highest BCUT2D eigenvalue weighted by Gasteiger charge is 2.27. The summed E-state index contributed by atoms with van der Waals surface area (Å²) >= 11 is 0. The van der Waals surface area contributed by atoms with Crippen molar-refractivity contribution in [3.05, 3.63) is 17.9 Å². The number of ether oxygens (including phenoxy) is 1. The summed E-state index contributed by atoms with van der Waals surface area (Å²) in [4.78, 5) is 2.06. The lowest BCUT2D eigenvalue weighted by molar-refractivity contribution is 0.136. The van der Waals surface area contributed by atoms with Gasteiger partial charge in [0.05, 0.1) is 24.6 Å². The van der Waals surface area contributed by atoms with Crippen molar-refractivity contribution >= 4 is 11.4 Å². The average Bonchev–Trinajstić information content (AvgIpc) is 2.78. The van der Waals surface area contributed by atoms with Crippen molar-refractivity contribution in [2.45, 2.75) is 19.4 Å². The molecule has 4 nitrogen and oxygen atoms in total. The number of nitrogen functional groups attached to an aromatic ring is 1. The van der Waals surface area contributed by atoms with Gasteiger partial charge in [-0.05, 0) is 13.3 Å². The Morgan fingerprint density at radius 2 is 2.28 bits per heavy atom. The van der Waals surface area contributed by atoms with Crippen molar-refractivity contribution in [1.29, 1.82) is 0 Å². The second kappa shape index (κ2) is 5.02. The van der Waals surface area contributed by atoms with E-state index in [2.05, 4.69) is 4.90 Å². The first-order valence-electron chi connectivity index (χ1n) is 6.09. The number of hydrogen-bond donors (Lipinski definition) is 2. The topological polar surface area (TPSA) is 58.7 Å². The number of rotatable bonds is 3. The first kappa shape index (κ1) is 13.0. The third kappa shape index (κ3) is 2.36. The SMILES string of the molecule is COc1cc(N2CCC(C(C)O)C2)c(N)cc1F. The molecule has 1 aromatic rings. The summed E-state index contributed by atoms with van der Waals surface area (Å²) in [5.74, 6) is -0.0230. The van der Waals surface area contributed by atoms with Crippen LogP contribution in [-0.2, 0) is 0 Å². The molecule has 18 heavy (non-hydrogen) atoms. The molecule has 5 heteroatoms. The highest BCUT2D eigenvalue weighted by molar-refractivity contribution is 5.70. The van der Waals surface area contributed by atoms with Gasteiger partial charge in [-0.3, -0.25) is 0 Å². The molecule has 3 N–H and O–H groups in total. The molecule has 0 radical (unpaired) electrons. The van der Waals surface area contributed by atoms with E-state index in [9.17, 15) is 9.50 Å². The molecular formula is C13H19FN2O2. The number of nitrogens with two attached hydrogens (primary N) is 1. The van der Waals surface area contributed by atoms with E-state index in [0.717, 1.165) is 25.2 Å². The lowest BCUT2D eigenvalue weighted by Gasteiger charge is -2.22. The van der Waals surface area contributed by atoms with Crippen LogP contribution in [0.1, 0.15) is 13.3 Å². The van der Waals surface area contributed by atoms with Gasteiger partial charge in [0.2, 0.25) is 0 Å². The van der Waals surface area contributed by atoms with E-state index < -0.39 is 5.82 Å². The molecular weight excluding hydrogens is 235 g/mol. The molecule has 0 bridgehead atoms. The third-order valence-electron chi connectivity index (χ3n) is 3.55. The van der Waals surface area contributed by atoms with Gasteiger partial charge in [-0.1, -0.05) is 0 Å². The quantitative estimate of drug-likeness (QED) is 0.805. The molecule has 1 fully saturated rings. The standard InChI is InChI=1S/C13H19FN2O2/c1-8(17)9-3-4-16(7-9)12-6-13(18-2)10(14)5-11(12)15/h5-6,8-9,17H,3-4,7,15H2,1-2H3. The van der Waals surface area contributed by atoms with Gasteiger partial charge in [0, 0.05) is 31.1 Å². The molecule has 1 aliphatic rings. The normalized spacial score (nSPS) is 21.1. The molecule has 100 valence electrons. The predicted octanol–water partition coefficient (Wildman–Crippen LogP) is 1.62. The van der Waals surface area contributed by atoms with Crippen LogP contribution in [0.3, 0.4) is 0 Å². The maximum atomic E-state index is 13.5. The fourth-order valence-electron chi connectivity index (χ4n) is 2.39. The van der Waals surface area contributed by atoms with Gasteiger partial charge >= 0.3 is 0 Å². The number of hydrogen-bond acceptors (Lipinski definition) is 4. The summed E-state index contributed by atoms with van der Waals surface area (Å²) in [6.07, 6.45) is 0.579. The smallest absolute Gasteiger partial charge is 0.167 e. The summed E-state index contributed by atoms with van der Waals surface area (Å²) in [7, 11) is 1.43. The van der Waals surface area contributed by atoms with Crippen molar-refractivity contribution in [2.24, 2.45) is 5.92 Å². The molecule has 1 saturated heterocycles. The van der Waals surface area contributed by atoms with Crippen LogP contribution >= 0.6 is 0 Å². The molecule has 0 saturated carbocycles. The van der Waals surface area contributed by atoms with Gasteiger partial charge in [0.15, 0.2) is 11.6 Å². The van der Waals surface area contributed by atoms with E-state index in [0.29, 0.717) is 5.69 Å². The number of methoxy groups -OCH3 is 1. The summed E-state index contributed by atoms with van der Waals surface area (Å²) in [5.41, 5.74) is 7.02. The van der Waals surface area contributed by atoms with Crippen molar-refractivity contribution in [3.8, 4) is 5.75 Å². The summed E-state index contributed by atoms with van der Waals surface area (Å²) in [6, 6.07) is 2.90. The number of halogens is 1. The summed E-state index contributed by atoms with van der Waals surface area (Å²) < 4.78 is 18.4. The molecule has 2 atom stereocenters. The monoisotopic (exact) mass is 254 g/mol. The van der Waals surface area contributed by atoms with E-state index in [4.69, 9.17) is 10.5 Å². The van der Waals surface area contributed by atoms with Crippen LogP contribution in [0.2, 0.25) is 0 Å². The van der Waals surface area contributed by atoms with Crippen LogP contribution in [0.5, 0.6) is 5.75 Å². The van der Waals surface area contributed by atoms with E-state index in [-0.39, 0.29) is 17.8 Å². The Labute approximate surface area is 106 Å². The van der Waals surface area contributed by atoms with E-state index >= 15 is 0 Å². The lowest BCUT2D eigenvalue weighted by Crippen LogP contribution is -2.24. The Morgan fingerprint density at radius 3 is 2.83 bits per heavy atom. The highest BCUT2D eigenvalue weighted by atomic mass is 19.1. The molecule has 2 unspecified atom stereocenters. The molecule has 0 aromatic heterocycles. The fourth-order valence-corrected chi connectivity index (χ4v) is 2.39. The van der Waals surface area contributed by atoms with Gasteiger partial charge in [0.1, 0.15) is 0 Å². The van der Waals surface area contributed by atoms with Crippen LogP contribution in [0.15, 0.2) is 12.1 Å². The number of aliphatic hydroxyl groups excluding tert-OH is 1. The first-order valence-corrected chi connectivity index (χ1v) is 6.09. The van der Waals surface area contributed by atoms with Crippen molar-refractivity contribution in [1.82, 2.24) is 0 Å². The molecule has 0 aliphatic carbocycles. The molecule has 0 spiro atoms. The Hall–Kier alpha value is -1.49. The summed E-state index contributed by atoms with van der Waals surface area (Å²) in [5, 5.41) is 9.59. The van der Waals surface area contributed by atoms with Crippen LogP contribution in [0.4, 0.5) is 15.8 Å². The zero-order valence-electron chi connectivity index (χ0n) is 10.7. The summed E-state index contributed by atoms with van der Waals surface area (Å²) in [6.45, 7) is 3.34. The van der Waals surface area contributed by atoms with Crippen molar-refractivity contribution in [2.75, 3.05) is 30.8 Å². The Morgan fingerprint density at radius 1 is 1.56 bits per heavy atom. The molecule has 1 heterocycles. The van der Waals surface area contributed by atoms with Gasteiger partial charge in [0.25, 0.3) is 0 Å². The average molecular weight is 254 g/mol. The van der Waals surface area contributed by atoms with E-state index in [1.807, 2.05) is 0 Å². The number of aliphatic hydroxyl groups is 1. The van der Waals surface area contributed by atoms with E-state index in [1.165, 1.54) is 13.2 Å². The zero-order chi connectivity index (χ0) is 13.3. The second-order valence-electron chi connectivity index (χ2n) is 4.78. The second-order valence-corrected chi connectivity index (χ2v) is 4.78. The fraction of sp³-hybridized carbons (Fsp3) is 0.538. The highest BCUT2D eigenvalue weighted by Crippen LogP contribution is 2.34. The minimum Gasteiger partial charge on any atom is -0.494 e. The minimum atomic E-state index is -0.454. The van der Waals surface area contributed by atoms with Gasteiger partial charge in [-0.25, -0.2) is 4.39 Å². The third-order valence-corrected chi connectivity index (χ3v) is 3.55. The number of nitrogens with zero attached hydrogens (tertiary/aromatic N) is 1. The molecule has 1 aliphatic heterocycles. The van der Waals surface area contributed by atoms with Crippen LogP contribution in [-0.4, -0.2) is 31.4 Å². The predicted molar refractivity (Wildman–Crippen MR) is 69.4 cm³/mol.